The highest BCUT2D eigenvalue weighted by Crippen LogP contribution is 2.14. The van der Waals surface area contributed by atoms with E-state index >= 15 is 0 Å². The number of alkyl halides is 3. The maximum atomic E-state index is 11.9. The molecular formula is C14H24F3NO3. The topological polar surface area (TPSA) is 66.4 Å². The molecule has 4 nitrogen and oxygen atoms in total. The fourth-order valence-electron chi connectivity index (χ4n) is 1.94. The Kier molecular flexibility index (Phi) is 10.7. The molecule has 0 saturated carbocycles. The van der Waals surface area contributed by atoms with E-state index in [4.69, 9.17) is 5.11 Å². The van der Waals surface area contributed by atoms with Gasteiger partial charge in [-0.15, -0.1) is 0 Å². The predicted octanol–water partition coefficient (Wildman–Crippen LogP) is 3.65. The molecule has 0 unspecified atom stereocenters. The molecule has 0 atom stereocenters. The SMILES string of the molecule is O=C(O)CCCCCCCCCCCNC(=O)C(F)(F)F. The van der Waals surface area contributed by atoms with E-state index in [2.05, 4.69) is 0 Å². The summed E-state index contributed by atoms with van der Waals surface area (Å²) in [5.74, 6) is -2.63. The zero-order valence-corrected chi connectivity index (χ0v) is 12.2. The third kappa shape index (κ3) is 13.5. The summed E-state index contributed by atoms with van der Waals surface area (Å²) < 4.78 is 35.6. The van der Waals surface area contributed by atoms with Crippen molar-refractivity contribution in [1.29, 1.82) is 0 Å². The number of unbranched alkanes of at least 4 members (excludes halogenated alkanes) is 8. The molecule has 0 aliphatic rings. The van der Waals surface area contributed by atoms with Crippen LogP contribution in [0.3, 0.4) is 0 Å². The van der Waals surface area contributed by atoms with Gasteiger partial charge in [0.1, 0.15) is 0 Å². The lowest BCUT2D eigenvalue weighted by molar-refractivity contribution is -0.173. The number of nitrogens with one attached hydrogen (secondary N) is 1. The number of hydrogen-bond acceptors (Lipinski definition) is 2. The number of amides is 1. The van der Waals surface area contributed by atoms with Crippen LogP contribution in [-0.2, 0) is 9.59 Å². The smallest absolute Gasteiger partial charge is 0.471 e. The van der Waals surface area contributed by atoms with Crippen LogP contribution in [0.4, 0.5) is 13.2 Å². The molecule has 0 heterocycles. The van der Waals surface area contributed by atoms with Gasteiger partial charge in [-0.3, -0.25) is 9.59 Å². The maximum absolute atomic E-state index is 11.9. The summed E-state index contributed by atoms with van der Waals surface area (Å²) in [4.78, 5) is 20.8. The Balaban J connectivity index is 3.20. The van der Waals surface area contributed by atoms with Crippen LogP contribution in [0.2, 0.25) is 0 Å². The molecule has 0 aromatic carbocycles. The van der Waals surface area contributed by atoms with Gasteiger partial charge in [0.2, 0.25) is 0 Å². The molecule has 7 heteroatoms. The Labute approximate surface area is 123 Å². The second kappa shape index (κ2) is 11.4. The molecule has 0 aliphatic carbocycles. The van der Waals surface area contributed by atoms with Gasteiger partial charge in [-0.05, 0) is 12.8 Å². The van der Waals surface area contributed by atoms with Crippen molar-refractivity contribution in [2.24, 2.45) is 0 Å². The van der Waals surface area contributed by atoms with Gasteiger partial charge < -0.3 is 10.4 Å². The minimum atomic E-state index is -4.79. The van der Waals surface area contributed by atoms with Crippen LogP contribution in [0.5, 0.6) is 0 Å². The summed E-state index contributed by atoms with van der Waals surface area (Å²) in [6.07, 6.45) is 3.54. The molecule has 0 saturated heterocycles. The minimum Gasteiger partial charge on any atom is -0.481 e. The van der Waals surface area contributed by atoms with E-state index in [1.54, 1.807) is 0 Å². The van der Waals surface area contributed by atoms with Crippen molar-refractivity contribution in [2.45, 2.75) is 70.4 Å². The van der Waals surface area contributed by atoms with Crippen molar-refractivity contribution < 1.29 is 27.9 Å². The lowest BCUT2D eigenvalue weighted by Crippen LogP contribution is -2.37. The molecule has 0 aromatic heterocycles. The minimum absolute atomic E-state index is 0.0630. The summed E-state index contributed by atoms with van der Waals surface area (Å²) >= 11 is 0. The van der Waals surface area contributed by atoms with Crippen molar-refractivity contribution in [1.82, 2.24) is 5.32 Å². The Hall–Kier alpha value is -1.27. The first kappa shape index (κ1) is 19.7. The highest BCUT2D eigenvalue weighted by atomic mass is 19.4. The van der Waals surface area contributed by atoms with E-state index < -0.39 is 18.1 Å². The first-order valence-corrected chi connectivity index (χ1v) is 7.41. The van der Waals surface area contributed by atoms with Gasteiger partial charge >= 0.3 is 18.1 Å². The molecule has 21 heavy (non-hydrogen) atoms. The molecule has 0 rings (SSSR count). The number of halogens is 3. The van der Waals surface area contributed by atoms with Crippen molar-refractivity contribution in [3.8, 4) is 0 Å². The van der Waals surface area contributed by atoms with Gasteiger partial charge in [-0.2, -0.15) is 13.2 Å². The normalized spacial score (nSPS) is 11.4. The summed E-state index contributed by atoms with van der Waals surface area (Å²) in [5, 5.41) is 10.3. The molecule has 1 amide bonds. The van der Waals surface area contributed by atoms with Gasteiger partial charge in [0.25, 0.3) is 0 Å². The second-order valence-corrected chi connectivity index (χ2v) is 5.08. The van der Waals surface area contributed by atoms with Crippen LogP contribution in [0, 0.1) is 0 Å². The molecular weight excluding hydrogens is 287 g/mol. The predicted molar refractivity (Wildman–Crippen MR) is 72.9 cm³/mol. The van der Waals surface area contributed by atoms with Gasteiger partial charge in [0.05, 0.1) is 0 Å². The molecule has 0 radical (unpaired) electrons. The van der Waals surface area contributed by atoms with E-state index in [0.717, 1.165) is 44.9 Å². The van der Waals surface area contributed by atoms with Crippen LogP contribution in [0.25, 0.3) is 0 Å². The van der Waals surface area contributed by atoms with Gasteiger partial charge in [-0.25, -0.2) is 0 Å². The second-order valence-electron chi connectivity index (χ2n) is 5.08. The fourth-order valence-corrected chi connectivity index (χ4v) is 1.94. The first-order chi connectivity index (χ1) is 9.84. The van der Waals surface area contributed by atoms with Gasteiger partial charge in [0, 0.05) is 13.0 Å². The molecule has 0 bridgehead atoms. The highest BCUT2D eigenvalue weighted by Gasteiger charge is 2.38. The molecule has 0 aromatic rings. The average Bonchev–Trinajstić information content (AvgIpc) is 2.38. The largest absolute Gasteiger partial charge is 0.481 e. The highest BCUT2D eigenvalue weighted by molar-refractivity contribution is 5.81. The van der Waals surface area contributed by atoms with Crippen molar-refractivity contribution in [3.05, 3.63) is 0 Å². The molecule has 0 spiro atoms. The Bertz CT molecular complexity index is 306. The van der Waals surface area contributed by atoms with Crippen molar-refractivity contribution in [3.63, 3.8) is 0 Å². The van der Waals surface area contributed by atoms with Crippen LogP contribution in [-0.4, -0.2) is 29.7 Å². The number of carboxylic acids is 1. The lowest BCUT2D eigenvalue weighted by atomic mass is 10.1. The van der Waals surface area contributed by atoms with Crippen LogP contribution in [0.1, 0.15) is 64.2 Å². The lowest BCUT2D eigenvalue weighted by Gasteiger charge is -2.07. The maximum Gasteiger partial charge on any atom is 0.471 e. The quantitative estimate of drug-likeness (QED) is 0.541. The standard InChI is InChI=1S/C14H24F3NO3/c15-14(16,17)13(21)18-11-9-7-5-3-1-2-4-6-8-10-12(19)20/h1-11H2,(H,18,21)(H,19,20). The zero-order chi connectivity index (χ0) is 16.1. The van der Waals surface area contributed by atoms with Crippen molar-refractivity contribution >= 4 is 11.9 Å². The summed E-state index contributed by atoms with van der Waals surface area (Å²) in [5.41, 5.74) is 0. The van der Waals surface area contributed by atoms with E-state index in [0.29, 0.717) is 12.8 Å². The van der Waals surface area contributed by atoms with E-state index in [-0.39, 0.29) is 13.0 Å². The van der Waals surface area contributed by atoms with Crippen LogP contribution >= 0.6 is 0 Å². The number of hydrogen-bond donors (Lipinski definition) is 2. The summed E-state index contributed by atoms with van der Waals surface area (Å²) in [6, 6.07) is 0. The molecule has 0 fully saturated rings. The number of carbonyl (C=O) groups is 2. The van der Waals surface area contributed by atoms with Crippen LogP contribution in [0.15, 0.2) is 0 Å². The van der Waals surface area contributed by atoms with E-state index in [9.17, 15) is 22.8 Å². The summed E-state index contributed by atoms with van der Waals surface area (Å²) in [7, 11) is 0. The van der Waals surface area contributed by atoms with Crippen LogP contribution < -0.4 is 5.32 Å². The van der Waals surface area contributed by atoms with E-state index in [1.807, 2.05) is 5.32 Å². The van der Waals surface area contributed by atoms with Gasteiger partial charge in [-0.1, -0.05) is 44.9 Å². The Morgan fingerprint density at radius 3 is 1.67 bits per heavy atom. The average molecular weight is 311 g/mol. The third-order valence-corrected chi connectivity index (χ3v) is 3.11. The fraction of sp³-hybridized carbons (Fsp3) is 0.857. The first-order valence-electron chi connectivity index (χ1n) is 7.41. The Morgan fingerprint density at radius 1 is 0.810 bits per heavy atom. The summed E-state index contributed by atoms with van der Waals surface area (Å²) in [6.45, 7) is 0.0630. The third-order valence-electron chi connectivity index (χ3n) is 3.11. The number of carboxylic acid groups (broad SMARTS) is 1. The molecule has 2 N–H and O–H groups in total. The zero-order valence-electron chi connectivity index (χ0n) is 12.2. The Morgan fingerprint density at radius 2 is 1.24 bits per heavy atom. The number of aliphatic carboxylic acids is 1. The van der Waals surface area contributed by atoms with Crippen molar-refractivity contribution in [2.75, 3.05) is 6.54 Å². The van der Waals surface area contributed by atoms with Gasteiger partial charge in [0.15, 0.2) is 0 Å². The molecule has 124 valence electrons. The molecule has 0 aliphatic heterocycles. The number of carbonyl (C=O) groups excluding carboxylic acids is 1. The monoisotopic (exact) mass is 311 g/mol. The van der Waals surface area contributed by atoms with E-state index in [1.165, 1.54) is 0 Å². The number of rotatable bonds is 12.